The molecule has 1 amide bonds. The van der Waals surface area contributed by atoms with Crippen LogP contribution >= 0.6 is 0 Å². The number of hydrogen-bond donors (Lipinski definition) is 1. The van der Waals surface area contributed by atoms with Crippen LogP contribution in [0.15, 0.2) is 18.2 Å². The molecule has 0 unspecified atom stereocenters. The van der Waals surface area contributed by atoms with Gasteiger partial charge >= 0.3 is 0 Å². The van der Waals surface area contributed by atoms with Gasteiger partial charge in [-0.25, -0.2) is 8.78 Å². The lowest BCUT2D eigenvalue weighted by Crippen LogP contribution is -2.32. The van der Waals surface area contributed by atoms with E-state index in [-0.39, 0.29) is 18.0 Å². The smallest absolute Gasteiger partial charge is 0.223 e. The monoisotopic (exact) mass is 270 g/mol. The van der Waals surface area contributed by atoms with Crippen molar-refractivity contribution in [2.45, 2.75) is 26.8 Å². The van der Waals surface area contributed by atoms with Gasteiger partial charge in [0.25, 0.3) is 0 Å². The molecule has 0 atom stereocenters. The Morgan fingerprint density at radius 3 is 2.58 bits per heavy atom. The van der Waals surface area contributed by atoms with Crippen molar-refractivity contribution >= 4 is 5.91 Å². The van der Waals surface area contributed by atoms with E-state index in [1.165, 1.54) is 12.1 Å². The zero-order chi connectivity index (χ0) is 14.3. The molecule has 0 saturated heterocycles. The minimum absolute atomic E-state index is 0.0669. The zero-order valence-electron chi connectivity index (χ0n) is 11.4. The van der Waals surface area contributed by atoms with Gasteiger partial charge in [0.2, 0.25) is 5.91 Å². The molecular formula is C14H20F2N2O. The first kappa shape index (κ1) is 15.6. The molecule has 0 bridgehead atoms. The largest absolute Gasteiger partial charge is 0.343 e. The SMILES string of the molecule is CCN(CC)C(=O)CCNCc1cccc(F)c1F. The van der Waals surface area contributed by atoms with Crippen LogP contribution in [0.2, 0.25) is 0 Å². The summed E-state index contributed by atoms with van der Waals surface area (Å²) < 4.78 is 26.3. The number of rotatable bonds is 7. The molecule has 5 heteroatoms. The molecule has 0 aromatic heterocycles. The summed E-state index contributed by atoms with van der Waals surface area (Å²) >= 11 is 0. The van der Waals surface area contributed by atoms with Crippen molar-refractivity contribution in [1.29, 1.82) is 0 Å². The molecule has 1 rings (SSSR count). The van der Waals surface area contributed by atoms with Gasteiger partial charge in [0.1, 0.15) is 0 Å². The highest BCUT2D eigenvalue weighted by molar-refractivity contribution is 5.76. The summed E-state index contributed by atoms with van der Waals surface area (Å²) in [5.74, 6) is -1.61. The van der Waals surface area contributed by atoms with Gasteiger partial charge in [0.05, 0.1) is 0 Å². The summed E-state index contributed by atoms with van der Waals surface area (Å²) in [7, 11) is 0. The van der Waals surface area contributed by atoms with Crippen LogP contribution in [-0.4, -0.2) is 30.4 Å². The molecule has 3 nitrogen and oxygen atoms in total. The third-order valence-corrected chi connectivity index (χ3v) is 2.98. The number of carbonyl (C=O) groups is 1. The van der Waals surface area contributed by atoms with Crippen LogP contribution in [0, 0.1) is 11.6 Å². The van der Waals surface area contributed by atoms with Gasteiger partial charge < -0.3 is 10.2 Å². The Labute approximate surface area is 112 Å². The zero-order valence-corrected chi connectivity index (χ0v) is 11.4. The van der Waals surface area contributed by atoms with Crippen LogP contribution < -0.4 is 5.32 Å². The highest BCUT2D eigenvalue weighted by atomic mass is 19.2. The quantitative estimate of drug-likeness (QED) is 0.771. The molecule has 0 spiro atoms. The van der Waals surface area contributed by atoms with Crippen LogP contribution in [0.3, 0.4) is 0 Å². The second kappa shape index (κ2) is 7.84. The number of nitrogens with zero attached hydrogens (tertiary/aromatic N) is 1. The summed E-state index contributed by atoms with van der Waals surface area (Å²) in [5, 5.41) is 2.95. The number of nitrogens with one attached hydrogen (secondary N) is 1. The number of hydrogen-bond acceptors (Lipinski definition) is 2. The van der Waals surface area contributed by atoms with E-state index in [2.05, 4.69) is 5.32 Å². The van der Waals surface area contributed by atoms with E-state index in [1.807, 2.05) is 13.8 Å². The number of amides is 1. The maximum atomic E-state index is 13.3. The van der Waals surface area contributed by atoms with Gasteiger partial charge in [-0.05, 0) is 19.9 Å². The van der Waals surface area contributed by atoms with Gasteiger partial charge in [-0.2, -0.15) is 0 Å². The van der Waals surface area contributed by atoms with E-state index in [4.69, 9.17) is 0 Å². The highest BCUT2D eigenvalue weighted by Crippen LogP contribution is 2.10. The Hall–Kier alpha value is -1.49. The lowest BCUT2D eigenvalue weighted by Gasteiger charge is -2.18. The summed E-state index contributed by atoms with van der Waals surface area (Å²) in [6.45, 7) is 5.90. The third-order valence-electron chi connectivity index (χ3n) is 2.98. The second-order valence-corrected chi connectivity index (χ2v) is 4.21. The van der Waals surface area contributed by atoms with Gasteiger partial charge in [-0.15, -0.1) is 0 Å². The average Bonchev–Trinajstić information content (AvgIpc) is 2.40. The number of carbonyl (C=O) groups excluding carboxylic acids is 1. The van der Waals surface area contributed by atoms with Crippen molar-refractivity contribution in [1.82, 2.24) is 10.2 Å². The van der Waals surface area contributed by atoms with E-state index in [9.17, 15) is 13.6 Å². The van der Waals surface area contributed by atoms with E-state index in [1.54, 1.807) is 4.90 Å². The maximum absolute atomic E-state index is 13.3. The standard InChI is InChI=1S/C14H20F2N2O/c1-3-18(4-2)13(19)8-9-17-10-11-6-5-7-12(15)14(11)16/h5-7,17H,3-4,8-10H2,1-2H3. The van der Waals surface area contributed by atoms with Crippen molar-refractivity contribution in [3.63, 3.8) is 0 Å². The molecular weight excluding hydrogens is 250 g/mol. The molecule has 1 aromatic rings. The van der Waals surface area contributed by atoms with Crippen molar-refractivity contribution in [2.24, 2.45) is 0 Å². The summed E-state index contributed by atoms with van der Waals surface area (Å²) in [4.78, 5) is 13.4. The summed E-state index contributed by atoms with van der Waals surface area (Å²) in [6, 6.07) is 4.08. The minimum Gasteiger partial charge on any atom is -0.343 e. The molecule has 0 radical (unpaired) electrons. The average molecular weight is 270 g/mol. The predicted molar refractivity (Wildman–Crippen MR) is 70.6 cm³/mol. The minimum atomic E-state index is -0.849. The molecule has 0 aliphatic carbocycles. The fourth-order valence-corrected chi connectivity index (χ4v) is 1.84. The van der Waals surface area contributed by atoms with E-state index in [0.717, 1.165) is 6.07 Å². The fraction of sp³-hybridized carbons (Fsp3) is 0.500. The Kier molecular flexibility index (Phi) is 6.42. The van der Waals surface area contributed by atoms with Gasteiger partial charge in [-0.1, -0.05) is 12.1 Å². The molecule has 106 valence electrons. The van der Waals surface area contributed by atoms with Crippen molar-refractivity contribution in [3.05, 3.63) is 35.4 Å². The Bertz CT molecular complexity index is 420. The Balaban J connectivity index is 2.35. The molecule has 0 fully saturated rings. The first-order chi connectivity index (χ1) is 9.10. The third kappa shape index (κ3) is 4.59. The summed E-state index contributed by atoms with van der Waals surface area (Å²) in [6.07, 6.45) is 0.360. The molecule has 0 heterocycles. The van der Waals surface area contributed by atoms with Crippen LogP contribution in [-0.2, 0) is 11.3 Å². The van der Waals surface area contributed by atoms with Gasteiger partial charge in [0.15, 0.2) is 11.6 Å². The molecule has 19 heavy (non-hydrogen) atoms. The first-order valence-electron chi connectivity index (χ1n) is 6.51. The van der Waals surface area contributed by atoms with Crippen molar-refractivity contribution in [3.8, 4) is 0 Å². The lowest BCUT2D eigenvalue weighted by atomic mass is 10.2. The number of benzene rings is 1. The first-order valence-corrected chi connectivity index (χ1v) is 6.51. The lowest BCUT2D eigenvalue weighted by molar-refractivity contribution is -0.130. The van der Waals surface area contributed by atoms with Crippen LogP contribution in [0.1, 0.15) is 25.8 Å². The maximum Gasteiger partial charge on any atom is 0.223 e. The normalized spacial score (nSPS) is 10.5. The fourth-order valence-electron chi connectivity index (χ4n) is 1.84. The Morgan fingerprint density at radius 2 is 1.95 bits per heavy atom. The molecule has 0 saturated carbocycles. The van der Waals surface area contributed by atoms with E-state index < -0.39 is 11.6 Å². The van der Waals surface area contributed by atoms with Crippen molar-refractivity contribution in [2.75, 3.05) is 19.6 Å². The second-order valence-electron chi connectivity index (χ2n) is 4.21. The van der Waals surface area contributed by atoms with Crippen LogP contribution in [0.25, 0.3) is 0 Å². The van der Waals surface area contributed by atoms with Gasteiger partial charge in [0, 0.05) is 38.2 Å². The highest BCUT2D eigenvalue weighted by Gasteiger charge is 2.09. The topological polar surface area (TPSA) is 32.3 Å². The van der Waals surface area contributed by atoms with Crippen LogP contribution in [0.4, 0.5) is 8.78 Å². The van der Waals surface area contributed by atoms with E-state index >= 15 is 0 Å². The van der Waals surface area contributed by atoms with Crippen molar-refractivity contribution < 1.29 is 13.6 Å². The van der Waals surface area contributed by atoms with Gasteiger partial charge in [-0.3, -0.25) is 4.79 Å². The molecule has 0 aliphatic rings. The van der Waals surface area contributed by atoms with Crippen LogP contribution in [0.5, 0.6) is 0 Å². The molecule has 0 aliphatic heterocycles. The Morgan fingerprint density at radius 1 is 1.26 bits per heavy atom. The molecule has 1 aromatic carbocycles. The van der Waals surface area contributed by atoms with E-state index in [0.29, 0.717) is 26.1 Å². The molecule has 1 N–H and O–H groups in total. The predicted octanol–water partition coefficient (Wildman–Crippen LogP) is 2.31. The summed E-state index contributed by atoms with van der Waals surface area (Å²) in [5.41, 5.74) is 0.273. The number of halogens is 2.